The number of benzene rings is 2. The minimum Gasteiger partial charge on any atom is -0.207 e. The molecule has 0 unspecified atom stereocenters. The molecule has 0 amide bonds. The summed E-state index contributed by atoms with van der Waals surface area (Å²) in [6.07, 6.45) is 0. The Morgan fingerprint density at radius 1 is 0.550 bits per heavy atom. The number of aryl methyl sites for hydroxylation is 5. The summed E-state index contributed by atoms with van der Waals surface area (Å²) in [7, 11) is 0. The molecule has 3 heteroatoms. The first-order valence-electron chi connectivity index (χ1n) is 6.38. The van der Waals surface area contributed by atoms with Crippen molar-refractivity contribution in [3.05, 3.63) is 69.5 Å². The molecule has 0 aliphatic rings. The van der Waals surface area contributed by atoms with Gasteiger partial charge in [0.2, 0.25) is 0 Å². The van der Waals surface area contributed by atoms with Gasteiger partial charge in [0.25, 0.3) is 0 Å². The second-order valence-corrected chi connectivity index (χ2v) is 5.01. The van der Waals surface area contributed by atoms with Crippen molar-refractivity contribution in [3.63, 3.8) is 0 Å². The molecular formula is C17H19F3. The Morgan fingerprint density at radius 3 is 1.35 bits per heavy atom. The van der Waals surface area contributed by atoms with Crippen LogP contribution in [0, 0.1) is 52.1 Å². The quantitative estimate of drug-likeness (QED) is 0.611. The van der Waals surface area contributed by atoms with Crippen LogP contribution >= 0.6 is 0 Å². The van der Waals surface area contributed by atoms with Gasteiger partial charge in [0, 0.05) is 0 Å². The SMILES string of the molecule is Cc1cc(C)c(F)cc1C.Cc1ccc(C)c(F)c1F. The summed E-state index contributed by atoms with van der Waals surface area (Å²) in [5.74, 6) is -1.58. The minimum absolute atomic E-state index is 0.108. The summed E-state index contributed by atoms with van der Waals surface area (Å²) in [5.41, 5.74) is 3.59. The molecule has 0 saturated heterocycles. The Morgan fingerprint density at radius 2 is 0.950 bits per heavy atom. The molecular weight excluding hydrogens is 261 g/mol. The zero-order valence-electron chi connectivity index (χ0n) is 12.4. The fourth-order valence-electron chi connectivity index (χ4n) is 1.67. The van der Waals surface area contributed by atoms with Crippen molar-refractivity contribution < 1.29 is 13.2 Å². The number of hydrogen-bond donors (Lipinski definition) is 0. The van der Waals surface area contributed by atoms with Crippen LogP contribution in [0.4, 0.5) is 13.2 Å². The number of hydrogen-bond acceptors (Lipinski definition) is 0. The summed E-state index contributed by atoms with van der Waals surface area (Å²) >= 11 is 0. The lowest BCUT2D eigenvalue weighted by atomic mass is 10.1. The van der Waals surface area contributed by atoms with Gasteiger partial charge in [0.05, 0.1) is 0 Å². The largest absolute Gasteiger partial charge is 0.207 e. The van der Waals surface area contributed by atoms with Gasteiger partial charge in [0.1, 0.15) is 5.82 Å². The second kappa shape index (κ2) is 6.60. The van der Waals surface area contributed by atoms with Gasteiger partial charge in [0.15, 0.2) is 11.6 Å². The average Bonchev–Trinajstić information content (AvgIpc) is 2.39. The third-order valence-corrected chi connectivity index (χ3v) is 3.24. The molecule has 0 atom stereocenters. The smallest absolute Gasteiger partial charge is 0.161 e. The van der Waals surface area contributed by atoms with Crippen LogP contribution in [0.2, 0.25) is 0 Å². The summed E-state index contributed by atoms with van der Waals surface area (Å²) in [6.45, 7) is 8.76. The first-order chi connectivity index (χ1) is 9.23. The van der Waals surface area contributed by atoms with Gasteiger partial charge in [-0.3, -0.25) is 0 Å². The molecule has 0 aliphatic carbocycles. The predicted molar refractivity (Wildman–Crippen MR) is 76.4 cm³/mol. The Balaban J connectivity index is 0.000000200. The fraction of sp³-hybridized carbons (Fsp3) is 0.294. The normalized spacial score (nSPS) is 10.0. The van der Waals surface area contributed by atoms with Gasteiger partial charge in [-0.2, -0.15) is 0 Å². The minimum atomic E-state index is -0.736. The average molecular weight is 280 g/mol. The van der Waals surface area contributed by atoms with Crippen LogP contribution < -0.4 is 0 Å². The molecule has 2 aromatic rings. The first kappa shape index (κ1) is 16.3. The summed E-state index contributed by atoms with van der Waals surface area (Å²) in [6, 6.07) is 6.57. The van der Waals surface area contributed by atoms with Gasteiger partial charge in [-0.15, -0.1) is 0 Å². The molecule has 0 nitrogen and oxygen atoms in total. The van der Waals surface area contributed by atoms with E-state index in [4.69, 9.17) is 0 Å². The second-order valence-electron chi connectivity index (χ2n) is 5.01. The molecule has 0 N–H and O–H groups in total. The molecule has 0 bridgehead atoms. The zero-order valence-corrected chi connectivity index (χ0v) is 12.4. The molecule has 0 aromatic heterocycles. The lowest BCUT2D eigenvalue weighted by molar-refractivity contribution is 0.497. The van der Waals surface area contributed by atoms with Crippen LogP contribution in [0.3, 0.4) is 0 Å². The maximum Gasteiger partial charge on any atom is 0.161 e. The van der Waals surface area contributed by atoms with Crippen molar-refractivity contribution in [2.24, 2.45) is 0 Å². The highest BCUT2D eigenvalue weighted by atomic mass is 19.2. The van der Waals surface area contributed by atoms with Gasteiger partial charge in [-0.25, -0.2) is 13.2 Å². The highest BCUT2D eigenvalue weighted by molar-refractivity contribution is 5.30. The monoisotopic (exact) mass is 280 g/mol. The Hall–Kier alpha value is -1.77. The standard InChI is InChI=1S/C9H11F.C8H8F2/c1-6-4-8(3)9(10)5-7(6)2;1-5-3-4-6(2)8(10)7(5)9/h4-5H,1-3H3;3-4H,1-2H3. The zero-order chi connectivity index (χ0) is 15.4. The summed E-state index contributed by atoms with van der Waals surface area (Å²) in [5, 5.41) is 0. The van der Waals surface area contributed by atoms with E-state index >= 15 is 0 Å². The van der Waals surface area contributed by atoms with Crippen molar-refractivity contribution in [3.8, 4) is 0 Å². The third kappa shape index (κ3) is 3.86. The summed E-state index contributed by atoms with van der Waals surface area (Å²) in [4.78, 5) is 0. The van der Waals surface area contributed by atoms with Gasteiger partial charge < -0.3 is 0 Å². The van der Waals surface area contributed by atoms with E-state index in [9.17, 15) is 13.2 Å². The highest BCUT2D eigenvalue weighted by Gasteiger charge is 2.06. The predicted octanol–water partition coefficient (Wildman–Crippen LogP) is 5.33. The molecule has 2 rings (SSSR count). The van der Waals surface area contributed by atoms with Crippen LogP contribution in [0.1, 0.15) is 27.8 Å². The molecule has 0 fully saturated rings. The highest BCUT2D eigenvalue weighted by Crippen LogP contribution is 2.14. The topological polar surface area (TPSA) is 0 Å². The van der Waals surface area contributed by atoms with Gasteiger partial charge >= 0.3 is 0 Å². The van der Waals surface area contributed by atoms with Crippen LogP contribution in [0.15, 0.2) is 24.3 Å². The van der Waals surface area contributed by atoms with E-state index in [-0.39, 0.29) is 5.82 Å². The molecule has 0 aliphatic heterocycles. The van der Waals surface area contributed by atoms with Gasteiger partial charge in [-0.1, -0.05) is 18.2 Å². The van der Waals surface area contributed by atoms with Crippen LogP contribution in [0.5, 0.6) is 0 Å². The van der Waals surface area contributed by atoms with Crippen molar-refractivity contribution in [1.82, 2.24) is 0 Å². The Kier molecular flexibility index (Phi) is 5.37. The first-order valence-corrected chi connectivity index (χ1v) is 6.38. The van der Waals surface area contributed by atoms with E-state index in [1.165, 1.54) is 13.8 Å². The van der Waals surface area contributed by atoms with Crippen LogP contribution in [-0.4, -0.2) is 0 Å². The van der Waals surface area contributed by atoms with E-state index in [2.05, 4.69) is 0 Å². The molecule has 108 valence electrons. The number of halogens is 3. The third-order valence-electron chi connectivity index (χ3n) is 3.24. The Labute approximate surface area is 118 Å². The van der Waals surface area contributed by atoms with E-state index in [1.54, 1.807) is 25.1 Å². The van der Waals surface area contributed by atoms with Crippen molar-refractivity contribution >= 4 is 0 Å². The van der Waals surface area contributed by atoms with E-state index < -0.39 is 11.6 Å². The maximum atomic E-state index is 12.8. The van der Waals surface area contributed by atoms with Crippen LogP contribution in [-0.2, 0) is 0 Å². The lowest BCUT2D eigenvalue weighted by Crippen LogP contribution is -1.91. The molecule has 0 radical (unpaired) electrons. The molecule has 2 aromatic carbocycles. The Bertz CT molecular complexity index is 539. The van der Waals surface area contributed by atoms with E-state index in [0.29, 0.717) is 11.1 Å². The van der Waals surface area contributed by atoms with E-state index in [1.807, 2.05) is 19.9 Å². The lowest BCUT2D eigenvalue weighted by Gasteiger charge is -2.01. The van der Waals surface area contributed by atoms with E-state index in [0.717, 1.165) is 16.7 Å². The maximum absolute atomic E-state index is 12.8. The summed E-state index contributed by atoms with van der Waals surface area (Å²) < 4.78 is 38.0. The molecule has 0 spiro atoms. The number of rotatable bonds is 0. The molecule has 0 heterocycles. The molecule has 20 heavy (non-hydrogen) atoms. The van der Waals surface area contributed by atoms with Crippen LogP contribution in [0.25, 0.3) is 0 Å². The van der Waals surface area contributed by atoms with Crippen molar-refractivity contribution in [2.45, 2.75) is 34.6 Å². The fourth-order valence-corrected chi connectivity index (χ4v) is 1.67. The van der Waals surface area contributed by atoms with Crippen molar-refractivity contribution in [1.29, 1.82) is 0 Å². The molecule has 0 saturated carbocycles. The van der Waals surface area contributed by atoms with Crippen molar-refractivity contribution in [2.75, 3.05) is 0 Å². The van der Waals surface area contributed by atoms with Gasteiger partial charge in [-0.05, 0) is 68.5 Å².